The van der Waals surface area contributed by atoms with Crippen LogP contribution in [-0.2, 0) is 16.2 Å². The summed E-state index contributed by atoms with van der Waals surface area (Å²) in [7, 11) is 6.85. The standard InChI is InChI=1S/C31H34N2O6/c1-20-17-23(39-19-21-9-7-6-8-10-21)12-13-24(20)29(34)27-28(22-11-14-25(37-4)26(18-22)38-5)33(16-15-32(2)3)31(36)30(27)35/h6-14,17-18,28,34H,15-16,19H2,1-5H3/b29-27+/t28-/m0/s1. The first-order valence-corrected chi connectivity index (χ1v) is 12.7. The van der Waals surface area contributed by atoms with E-state index >= 15 is 0 Å². The van der Waals surface area contributed by atoms with Gasteiger partial charge >= 0.3 is 0 Å². The van der Waals surface area contributed by atoms with Gasteiger partial charge in [0.15, 0.2) is 11.5 Å². The van der Waals surface area contributed by atoms with Crippen LogP contribution in [0.15, 0.2) is 72.3 Å². The van der Waals surface area contributed by atoms with Crippen molar-refractivity contribution in [3.63, 3.8) is 0 Å². The number of carbonyl (C=O) groups excluding carboxylic acids is 2. The van der Waals surface area contributed by atoms with E-state index in [0.717, 1.165) is 5.56 Å². The lowest BCUT2D eigenvalue weighted by Crippen LogP contribution is -2.35. The molecule has 3 aromatic rings. The minimum atomic E-state index is -0.793. The quantitative estimate of drug-likeness (QED) is 0.233. The molecule has 0 radical (unpaired) electrons. The molecule has 1 heterocycles. The van der Waals surface area contributed by atoms with Crippen LogP contribution in [0.3, 0.4) is 0 Å². The molecule has 204 valence electrons. The summed E-state index contributed by atoms with van der Waals surface area (Å²) in [5.41, 5.74) is 2.87. The van der Waals surface area contributed by atoms with Crippen molar-refractivity contribution in [2.75, 3.05) is 41.4 Å². The van der Waals surface area contributed by atoms with E-state index in [-0.39, 0.29) is 11.3 Å². The van der Waals surface area contributed by atoms with Gasteiger partial charge in [-0.25, -0.2) is 0 Å². The van der Waals surface area contributed by atoms with Crippen molar-refractivity contribution in [1.29, 1.82) is 0 Å². The zero-order chi connectivity index (χ0) is 28.1. The Balaban J connectivity index is 1.74. The minimum Gasteiger partial charge on any atom is -0.507 e. The molecule has 1 saturated heterocycles. The Morgan fingerprint density at radius 2 is 1.67 bits per heavy atom. The van der Waals surface area contributed by atoms with Crippen molar-refractivity contribution in [2.45, 2.75) is 19.6 Å². The van der Waals surface area contributed by atoms with Crippen molar-refractivity contribution >= 4 is 17.4 Å². The maximum Gasteiger partial charge on any atom is 0.295 e. The Bertz CT molecular complexity index is 1380. The van der Waals surface area contributed by atoms with Gasteiger partial charge in [0, 0.05) is 18.7 Å². The Labute approximate surface area is 229 Å². The first-order chi connectivity index (χ1) is 18.7. The second-order valence-corrected chi connectivity index (χ2v) is 9.66. The molecule has 1 amide bonds. The predicted molar refractivity (Wildman–Crippen MR) is 149 cm³/mol. The molecule has 1 fully saturated rings. The fourth-order valence-electron chi connectivity index (χ4n) is 4.67. The van der Waals surface area contributed by atoms with Crippen LogP contribution in [0.4, 0.5) is 0 Å². The first-order valence-electron chi connectivity index (χ1n) is 12.7. The van der Waals surface area contributed by atoms with Crippen LogP contribution in [0.25, 0.3) is 5.76 Å². The van der Waals surface area contributed by atoms with E-state index in [1.807, 2.05) is 62.3 Å². The molecular formula is C31H34N2O6. The molecule has 0 aromatic heterocycles. The molecular weight excluding hydrogens is 496 g/mol. The summed E-state index contributed by atoms with van der Waals surface area (Å²) < 4.78 is 16.8. The Morgan fingerprint density at radius 3 is 2.31 bits per heavy atom. The van der Waals surface area contributed by atoms with Crippen molar-refractivity contribution in [3.8, 4) is 17.2 Å². The highest BCUT2D eigenvalue weighted by Gasteiger charge is 2.46. The lowest BCUT2D eigenvalue weighted by molar-refractivity contribution is -0.140. The van der Waals surface area contributed by atoms with Gasteiger partial charge in [0.2, 0.25) is 0 Å². The molecule has 8 heteroatoms. The number of carbonyl (C=O) groups is 2. The number of amides is 1. The average Bonchev–Trinajstić information content (AvgIpc) is 3.19. The van der Waals surface area contributed by atoms with Crippen LogP contribution in [0.5, 0.6) is 17.2 Å². The zero-order valence-corrected chi connectivity index (χ0v) is 22.9. The van der Waals surface area contributed by atoms with E-state index in [2.05, 4.69) is 0 Å². The summed E-state index contributed by atoms with van der Waals surface area (Å²) in [6.07, 6.45) is 0. The summed E-state index contributed by atoms with van der Waals surface area (Å²) in [6.45, 7) is 3.09. The van der Waals surface area contributed by atoms with Gasteiger partial charge in [-0.05, 0) is 68.0 Å². The zero-order valence-electron chi connectivity index (χ0n) is 22.9. The average molecular weight is 531 g/mol. The predicted octanol–water partition coefficient (Wildman–Crippen LogP) is 4.57. The van der Waals surface area contributed by atoms with E-state index in [0.29, 0.717) is 53.6 Å². The van der Waals surface area contributed by atoms with Gasteiger partial charge in [0.25, 0.3) is 11.7 Å². The third kappa shape index (κ3) is 5.91. The molecule has 1 atom stereocenters. The molecule has 1 aliphatic heterocycles. The molecule has 0 bridgehead atoms. The fraction of sp³-hybridized carbons (Fsp3) is 0.290. The molecule has 3 aromatic carbocycles. The number of Topliss-reactive ketones (excluding diaryl/α,β-unsaturated/α-hetero) is 1. The van der Waals surface area contributed by atoms with Crippen molar-refractivity contribution in [3.05, 3.63) is 94.6 Å². The van der Waals surface area contributed by atoms with Crippen LogP contribution in [0.2, 0.25) is 0 Å². The maximum atomic E-state index is 13.4. The molecule has 0 spiro atoms. The highest BCUT2D eigenvalue weighted by molar-refractivity contribution is 6.46. The third-order valence-electron chi connectivity index (χ3n) is 6.75. The summed E-state index contributed by atoms with van der Waals surface area (Å²) in [5.74, 6) is 0.00889. The van der Waals surface area contributed by atoms with E-state index in [1.165, 1.54) is 19.1 Å². The topological polar surface area (TPSA) is 88.5 Å². The number of benzene rings is 3. The molecule has 0 aliphatic carbocycles. The van der Waals surface area contributed by atoms with E-state index in [1.54, 1.807) is 30.3 Å². The van der Waals surface area contributed by atoms with Crippen LogP contribution >= 0.6 is 0 Å². The first kappa shape index (κ1) is 27.7. The second-order valence-electron chi connectivity index (χ2n) is 9.66. The van der Waals surface area contributed by atoms with Crippen molar-refractivity contribution < 1.29 is 28.9 Å². The number of ketones is 1. The Hall–Kier alpha value is -4.30. The number of methoxy groups -OCH3 is 2. The normalized spacial score (nSPS) is 16.6. The summed E-state index contributed by atoms with van der Waals surface area (Å²) in [5, 5.41) is 11.5. The van der Waals surface area contributed by atoms with Crippen molar-refractivity contribution in [2.24, 2.45) is 0 Å². The largest absolute Gasteiger partial charge is 0.507 e. The highest BCUT2D eigenvalue weighted by atomic mass is 16.5. The van der Waals surface area contributed by atoms with Gasteiger partial charge in [0.05, 0.1) is 25.8 Å². The number of likely N-dealkylation sites (tertiary alicyclic amines) is 1. The van der Waals surface area contributed by atoms with Gasteiger partial charge < -0.3 is 29.1 Å². The van der Waals surface area contributed by atoms with Crippen molar-refractivity contribution in [1.82, 2.24) is 9.80 Å². The SMILES string of the molecule is COc1ccc([C@H]2/C(=C(\O)c3ccc(OCc4ccccc4)cc3C)C(=O)C(=O)N2CCN(C)C)cc1OC. The molecule has 8 nitrogen and oxygen atoms in total. The number of nitrogens with zero attached hydrogens (tertiary/aromatic N) is 2. The molecule has 1 N–H and O–H groups in total. The monoisotopic (exact) mass is 530 g/mol. The van der Waals surface area contributed by atoms with Gasteiger partial charge in [0.1, 0.15) is 18.1 Å². The van der Waals surface area contributed by atoms with E-state index < -0.39 is 17.7 Å². The van der Waals surface area contributed by atoms with Crippen LogP contribution < -0.4 is 14.2 Å². The molecule has 0 saturated carbocycles. The molecule has 39 heavy (non-hydrogen) atoms. The lowest BCUT2D eigenvalue weighted by atomic mass is 9.93. The van der Waals surface area contributed by atoms with Crippen LogP contribution in [0.1, 0.15) is 28.3 Å². The maximum absolute atomic E-state index is 13.4. The molecule has 0 unspecified atom stereocenters. The van der Waals surface area contributed by atoms with E-state index in [9.17, 15) is 14.7 Å². The number of aliphatic hydroxyl groups is 1. The fourth-order valence-corrected chi connectivity index (χ4v) is 4.67. The molecule has 4 rings (SSSR count). The van der Waals surface area contributed by atoms with Gasteiger partial charge in [-0.1, -0.05) is 36.4 Å². The Morgan fingerprint density at radius 1 is 0.949 bits per heavy atom. The number of hydrogen-bond acceptors (Lipinski definition) is 7. The van der Waals surface area contributed by atoms with E-state index in [4.69, 9.17) is 14.2 Å². The summed E-state index contributed by atoms with van der Waals surface area (Å²) in [6, 6.07) is 19.5. The van der Waals surface area contributed by atoms with Crippen LogP contribution in [-0.4, -0.2) is 68.0 Å². The number of ether oxygens (including phenoxy) is 3. The summed E-state index contributed by atoms with van der Waals surface area (Å²) in [4.78, 5) is 30.0. The summed E-state index contributed by atoms with van der Waals surface area (Å²) >= 11 is 0. The third-order valence-corrected chi connectivity index (χ3v) is 6.75. The molecule has 1 aliphatic rings. The second kappa shape index (κ2) is 12.0. The highest BCUT2D eigenvalue weighted by Crippen LogP contribution is 2.42. The minimum absolute atomic E-state index is 0.0343. The van der Waals surface area contributed by atoms with Gasteiger partial charge in [-0.3, -0.25) is 9.59 Å². The van der Waals surface area contributed by atoms with Crippen LogP contribution in [0, 0.1) is 6.92 Å². The Kier molecular flexibility index (Phi) is 8.56. The number of likely N-dealkylation sites (N-methyl/N-ethyl adjacent to an activating group) is 1. The smallest absolute Gasteiger partial charge is 0.295 e. The number of rotatable bonds is 10. The number of aryl methyl sites for hydroxylation is 1. The number of aliphatic hydroxyl groups excluding tert-OH is 1. The van der Waals surface area contributed by atoms with Gasteiger partial charge in [-0.2, -0.15) is 0 Å². The lowest BCUT2D eigenvalue weighted by Gasteiger charge is -2.27. The number of hydrogen-bond donors (Lipinski definition) is 1. The van der Waals surface area contributed by atoms with Gasteiger partial charge in [-0.15, -0.1) is 0 Å².